The molecule has 2 rings (SSSR count). The van der Waals surface area contributed by atoms with Gasteiger partial charge in [-0.2, -0.15) is 23.4 Å². The monoisotopic (exact) mass is 287 g/mol. The highest BCUT2D eigenvalue weighted by atomic mass is 19.4. The van der Waals surface area contributed by atoms with Gasteiger partial charge in [0.05, 0.1) is 12.2 Å². The zero-order valence-corrected chi connectivity index (χ0v) is 11.5. The van der Waals surface area contributed by atoms with Crippen molar-refractivity contribution in [1.82, 2.24) is 19.6 Å². The maximum Gasteiger partial charge on any atom is 0.433 e. The number of alkyl halides is 3. The average Bonchev–Trinajstić information content (AvgIpc) is 2.91. The second-order valence-electron chi connectivity index (χ2n) is 4.48. The first kappa shape index (κ1) is 14.4. The Balaban J connectivity index is 2.12. The lowest BCUT2D eigenvalue weighted by molar-refractivity contribution is -0.144. The van der Waals surface area contributed by atoms with Gasteiger partial charge in [0.2, 0.25) is 0 Å². The first-order valence-corrected chi connectivity index (χ1v) is 6.19. The number of hydrogen-bond donors (Lipinski definition) is 1. The standard InChI is InChI=1S/C12H16F3N5/c1-4-20-10(12(13,14)15)6-9(17-20)7-16-11-5-8(2)19(3)18-11/h5-6H,4,7H2,1-3H3,(H,16,18). The van der Waals surface area contributed by atoms with Gasteiger partial charge in [-0.3, -0.25) is 9.36 Å². The normalized spacial score (nSPS) is 11.9. The molecule has 0 aliphatic heterocycles. The van der Waals surface area contributed by atoms with Crippen molar-refractivity contribution in [2.75, 3.05) is 5.32 Å². The van der Waals surface area contributed by atoms with Gasteiger partial charge in [-0.05, 0) is 19.9 Å². The van der Waals surface area contributed by atoms with Crippen molar-refractivity contribution in [3.8, 4) is 0 Å². The minimum absolute atomic E-state index is 0.178. The number of aryl methyl sites for hydroxylation is 3. The third-order valence-corrected chi connectivity index (χ3v) is 2.98. The quantitative estimate of drug-likeness (QED) is 0.940. The molecule has 0 aliphatic carbocycles. The lowest BCUT2D eigenvalue weighted by atomic mass is 10.3. The van der Waals surface area contributed by atoms with Crippen molar-refractivity contribution < 1.29 is 13.2 Å². The molecule has 2 aromatic heterocycles. The summed E-state index contributed by atoms with van der Waals surface area (Å²) in [5.74, 6) is 0.615. The van der Waals surface area contributed by atoms with Crippen molar-refractivity contribution >= 4 is 5.82 Å². The highest BCUT2D eigenvalue weighted by Crippen LogP contribution is 2.29. The molecule has 0 bridgehead atoms. The molecule has 0 amide bonds. The molecule has 0 saturated carbocycles. The lowest BCUT2D eigenvalue weighted by Crippen LogP contribution is -2.13. The SMILES string of the molecule is CCn1nc(CNc2cc(C)n(C)n2)cc1C(F)(F)F. The maximum absolute atomic E-state index is 12.8. The van der Waals surface area contributed by atoms with Crippen LogP contribution in [-0.2, 0) is 26.3 Å². The number of aromatic nitrogens is 4. The number of anilines is 1. The van der Waals surface area contributed by atoms with Crippen LogP contribution in [0.3, 0.4) is 0 Å². The van der Waals surface area contributed by atoms with Crippen molar-refractivity contribution in [1.29, 1.82) is 0 Å². The Bertz CT molecular complexity index is 577. The van der Waals surface area contributed by atoms with Gasteiger partial charge in [-0.25, -0.2) is 0 Å². The van der Waals surface area contributed by atoms with Gasteiger partial charge in [0.1, 0.15) is 11.5 Å². The summed E-state index contributed by atoms with van der Waals surface area (Å²) in [5, 5.41) is 11.1. The summed E-state index contributed by atoms with van der Waals surface area (Å²) in [4.78, 5) is 0. The van der Waals surface area contributed by atoms with Crippen LogP contribution in [-0.4, -0.2) is 19.6 Å². The number of rotatable bonds is 4. The average molecular weight is 287 g/mol. The van der Waals surface area contributed by atoms with E-state index in [1.165, 1.54) is 0 Å². The second kappa shape index (κ2) is 5.18. The zero-order valence-electron chi connectivity index (χ0n) is 11.5. The summed E-state index contributed by atoms with van der Waals surface area (Å²) < 4.78 is 41.0. The van der Waals surface area contributed by atoms with Crippen LogP contribution >= 0.6 is 0 Å². The molecule has 0 saturated heterocycles. The fourth-order valence-electron chi connectivity index (χ4n) is 1.85. The van der Waals surface area contributed by atoms with E-state index in [-0.39, 0.29) is 13.1 Å². The first-order chi connectivity index (χ1) is 9.31. The van der Waals surface area contributed by atoms with Crippen LogP contribution in [0, 0.1) is 6.92 Å². The van der Waals surface area contributed by atoms with Crippen LogP contribution < -0.4 is 5.32 Å². The molecule has 0 aliphatic rings. The minimum Gasteiger partial charge on any atom is -0.363 e. The van der Waals surface area contributed by atoms with Crippen molar-refractivity contribution in [2.45, 2.75) is 33.1 Å². The highest BCUT2D eigenvalue weighted by Gasteiger charge is 2.35. The number of halogens is 3. The third kappa shape index (κ3) is 2.94. The van der Waals surface area contributed by atoms with E-state index in [1.54, 1.807) is 18.7 Å². The Hall–Kier alpha value is -1.99. The molecule has 2 heterocycles. The van der Waals surface area contributed by atoms with E-state index < -0.39 is 11.9 Å². The topological polar surface area (TPSA) is 47.7 Å². The Morgan fingerprint density at radius 3 is 2.40 bits per heavy atom. The van der Waals surface area contributed by atoms with Crippen LogP contribution in [0.4, 0.5) is 19.0 Å². The van der Waals surface area contributed by atoms with Crippen LogP contribution in [0.15, 0.2) is 12.1 Å². The van der Waals surface area contributed by atoms with Gasteiger partial charge in [0.25, 0.3) is 0 Å². The minimum atomic E-state index is -4.39. The summed E-state index contributed by atoms with van der Waals surface area (Å²) in [7, 11) is 1.80. The second-order valence-corrected chi connectivity index (χ2v) is 4.48. The molecule has 1 N–H and O–H groups in total. The maximum atomic E-state index is 12.8. The predicted molar refractivity (Wildman–Crippen MR) is 68.2 cm³/mol. The summed E-state index contributed by atoms with van der Waals surface area (Å²) in [6, 6.07) is 2.88. The fourth-order valence-corrected chi connectivity index (χ4v) is 1.85. The number of hydrogen-bond acceptors (Lipinski definition) is 3. The summed E-state index contributed by atoms with van der Waals surface area (Å²) >= 11 is 0. The van der Waals surface area contributed by atoms with Crippen molar-refractivity contribution in [3.05, 3.63) is 29.2 Å². The van der Waals surface area contributed by atoms with Crippen molar-refractivity contribution in [2.24, 2.45) is 7.05 Å². The van der Waals surface area contributed by atoms with E-state index in [9.17, 15) is 13.2 Å². The highest BCUT2D eigenvalue weighted by molar-refractivity contribution is 5.36. The molecule has 0 fully saturated rings. The fraction of sp³-hybridized carbons (Fsp3) is 0.500. The van der Waals surface area contributed by atoms with Gasteiger partial charge in [-0.1, -0.05) is 0 Å². The van der Waals surface area contributed by atoms with Crippen molar-refractivity contribution in [3.63, 3.8) is 0 Å². The van der Waals surface area contributed by atoms with Crippen LogP contribution in [0.1, 0.15) is 24.0 Å². The van der Waals surface area contributed by atoms with E-state index in [0.717, 1.165) is 16.4 Å². The molecule has 0 aromatic carbocycles. The van der Waals surface area contributed by atoms with Gasteiger partial charge in [0, 0.05) is 25.4 Å². The van der Waals surface area contributed by atoms with E-state index in [4.69, 9.17) is 0 Å². The van der Waals surface area contributed by atoms with E-state index in [2.05, 4.69) is 15.5 Å². The largest absolute Gasteiger partial charge is 0.433 e. The summed E-state index contributed by atoms with van der Waals surface area (Å²) in [5.41, 5.74) is 0.569. The third-order valence-electron chi connectivity index (χ3n) is 2.98. The Labute approximate surface area is 114 Å². The zero-order chi connectivity index (χ0) is 14.9. The van der Waals surface area contributed by atoms with Gasteiger partial charge >= 0.3 is 6.18 Å². The van der Waals surface area contributed by atoms with E-state index in [1.807, 2.05) is 13.0 Å². The molecular formula is C12H16F3N5. The van der Waals surface area contributed by atoms with Crippen LogP contribution in [0.2, 0.25) is 0 Å². The Kier molecular flexibility index (Phi) is 3.74. The Morgan fingerprint density at radius 2 is 1.95 bits per heavy atom. The van der Waals surface area contributed by atoms with E-state index in [0.29, 0.717) is 11.5 Å². The number of nitrogens with zero attached hydrogens (tertiary/aromatic N) is 4. The smallest absolute Gasteiger partial charge is 0.363 e. The van der Waals surface area contributed by atoms with Gasteiger partial charge in [0.15, 0.2) is 0 Å². The molecule has 8 heteroatoms. The molecule has 20 heavy (non-hydrogen) atoms. The molecular weight excluding hydrogens is 271 g/mol. The Morgan fingerprint density at radius 1 is 1.25 bits per heavy atom. The van der Waals surface area contributed by atoms with Crippen LogP contribution in [0.5, 0.6) is 0 Å². The number of nitrogens with one attached hydrogen (secondary N) is 1. The molecule has 110 valence electrons. The molecule has 2 aromatic rings. The molecule has 0 unspecified atom stereocenters. The van der Waals surface area contributed by atoms with Gasteiger partial charge < -0.3 is 5.32 Å². The van der Waals surface area contributed by atoms with Crippen LogP contribution in [0.25, 0.3) is 0 Å². The molecule has 0 spiro atoms. The molecule has 0 atom stereocenters. The molecule has 0 radical (unpaired) electrons. The van der Waals surface area contributed by atoms with E-state index >= 15 is 0 Å². The molecule has 5 nitrogen and oxygen atoms in total. The summed E-state index contributed by atoms with van der Waals surface area (Å²) in [6.45, 7) is 3.90. The summed E-state index contributed by atoms with van der Waals surface area (Å²) in [6.07, 6.45) is -4.39. The predicted octanol–water partition coefficient (Wildman–Crippen LogP) is 2.58. The van der Waals surface area contributed by atoms with Gasteiger partial charge in [-0.15, -0.1) is 0 Å². The first-order valence-electron chi connectivity index (χ1n) is 6.19. The lowest BCUT2D eigenvalue weighted by Gasteiger charge is -2.07.